The monoisotopic (exact) mass is 480 g/mol. The summed E-state index contributed by atoms with van der Waals surface area (Å²) < 4.78 is 11.4. The number of rotatable bonds is 6. The Balaban J connectivity index is 1.65. The number of carbonyl (C=O) groups is 2. The molecule has 1 amide bonds. The van der Waals surface area contributed by atoms with Crippen LogP contribution in [-0.2, 0) is 22.4 Å². The molecule has 176 valence electrons. The van der Waals surface area contributed by atoms with Gasteiger partial charge in [0.05, 0.1) is 24.0 Å². The first-order valence-corrected chi connectivity index (χ1v) is 11.1. The lowest BCUT2D eigenvalue weighted by Crippen LogP contribution is -2.49. The van der Waals surface area contributed by atoms with Gasteiger partial charge in [0.1, 0.15) is 16.9 Å². The third-order valence-corrected chi connectivity index (χ3v) is 6.51. The van der Waals surface area contributed by atoms with Crippen molar-refractivity contribution in [2.45, 2.75) is 46.6 Å². The molecule has 0 unspecified atom stereocenters. The van der Waals surface area contributed by atoms with Crippen LogP contribution in [0.1, 0.15) is 33.6 Å². The normalized spacial score (nSPS) is 12.3. The van der Waals surface area contributed by atoms with E-state index in [1.54, 1.807) is 31.2 Å². The van der Waals surface area contributed by atoms with Crippen molar-refractivity contribution in [3.05, 3.63) is 79.4 Å². The second-order valence-electron chi connectivity index (χ2n) is 8.48. The van der Waals surface area contributed by atoms with E-state index in [1.807, 2.05) is 26.8 Å². The predicted octanol–water partition coefficient (Wildman–Crippen LogP) is 3.45. The number of aliphatic carboxylic acids is 1. The van der Waals surface area contributed by atoms with E-state index in [2.05, 4.69) is 5.32 Å². The summed E-state index contributed by atoms with van der Waals surface area (Å²) in [5.74, 6) is -1.26. The molecule has 0 saturated heterocycles. The molecule has 34 heavy (non-hydrogen) atoms. The number of benzene rings is 2. The number of carboxylic acid groups (broad SMARTS) is 1. The van der Waals surface area contributed by atoms with E-state index in [0.29, 0.717) is 38.3 Å². The molecule has 0 radical (unpaired) electrons. The molecular formula is C26H23ClNO6-. The third kappa shape index (κ3) is 4.31. The molecule has 4 aromatic rings. The van der Waals surface area contributed by atoms with Crippen LogP contribution in [-0.4, -0.2) is 17.9 Å². The van der Waals surface area contributed by atoms with Crippen molar-refractivity contribution in [3.8, 4) is 0 Å². The predicted molar refractivity (Wildman–Crippen MR) is 127 cm³/mol. The lowest BCUT2D eigenvalue weighted by Gasteiger charge is -2.20. The summed E-state index contributed by atoms with van der Waals surface area (Å²) >= 11 is 5.87. The Hall–Kier alpha value is -3.58. The topological polar surface area (TPSA) is 113 Å². The van der Waals surface area contributed by atoms with Crippen LogP contribution in [0.5, 0.6) is 0 Å². The quantitative estimate of drug-likeness (QED) is 0.423. The van der Waals surface area contributed by atoms with Gasteiger partial charge in [-0.15, -0.1) is 0 Å². The Kier molecular flexibility index (Phi) is 6.23. The van der Waals surface area contributed by atoms with Gasteiger partial charge in [-0.05, 0) is 69.0 Å². The van der Waals surface area contributed by atoms with Crippen molar-refractivity contribution < 1.29 is 23.5 Å². The van der Waals surface area contributed by atoms with E-state index < -0.39 is 23.5 Å². The molecule has 1 atom stereocenters. The molecule has 0 fully saturated rings. The fourth-order valence-corrected chi connectivity index (χ4v) is 4.28. The van der Waals surface area contributed by atoms with E-state index >= 15 is 0 Å². The number of amides is 1. The van der Waals surface area contributed by atoms with Gasteiger partial charge in [0.25, 0.3) is 0 Å². The van der Waals surface area contributed by atoms with Crippen LogP contribution in [0.4, 0.5) is 0 Å². The Morgan fingerprint density at radius 1 is 0.971 bits per heavy atom. The van der Waals surface area contributed by atoms with Crippen LogP contribution in [0.15, 0.2) is 44.0 Å². The van der Waals surface area contributed by atoms with Gasteiger partial charge in [-0.3, -0.25) is 4.79 Å². The molecule has 0 aliphatic heterocycles. The molecule has 4 rings (SSSR count). The minimum atomic E-state index is -1.42. The number of carbonyl (C=O) groups excluding carboxylic acids is 2. The summed E-state index contributed by atoms with van der Waals surface area (Å²) in [6.07, 6.45) is -0.304. The first-order chi connectivity index (χ1) is 16.1. The fraction of sp³-hybridized carbons (Fsp3) is 0.269. The summed E-state index contributed by atoms with van der Waals surface area (Å²) in [4.78, 5) is 37.1. The molecule has 2 aromatic heterocycles. The standard InChI is InChI=1S/C26H24ClNO6/c1-12-15(4)33-23-14(3)24-19(10-18(12)23)13(2)20(26(32)34-24)11-22(29)28-21(25(30)31)9-16-5-7-17(27)8-6-16/h5-8,10,21H,9,11H2,1-4H3,(H,28,29)(H,30,31)/p-1/t21-/m1/s1. The number of aryl methyl sites for hydroxylation is 4. The van der Waals surface area contributed by atoms with E-state index in [0.717, 1.165) is 16.7 Å². The molecule has 8 heteroatoms. The first kappa shape index (κ1) is 23.6. The van der Waals surface area contributed by atoms with Gasteiger partial charge in [-0.25, -0.2) is 4.79 Å². The highest BCUT2D eigenvalue weighted by atomic mass is 35.5. The van der Waals surface area contributed by atoms with Gasteiger partial charge in [0.2, 0.25) is 5.91 Å². The molecule has 1 N–H and O–H groups in total. The molecule has 2 aromatic carbocycles. The zero-order valence-electron chi connectivity index (χ0n) is 19.2. The molecule has 0 aliphatic carbocycles. The average molecular weight is 481 g/mol. The minimum Gasteiger partial charge on any atom is -0.548 e. The second kappa shape index (κ2) is 8.99. The van der Waals surface area contributed by atoms with E-state index in [-0.39, 0.29) is 18.4 Å². The first-order valence-electron chi connectivity index (χ1n) is 10.8. The molecule has 0 aliphatic rings. The maximum Gasteiger partial charge on any atom is 0.340 e. The smallest absolute Gasteiger partial charge is 0.340 e. The molecule has 0 saturated carbocycles. The Bertz CT molecular complexity index is 1500. The van der Waals surface area contributed by atoms with Crippen LogP contribution in [0, 0.1) is 27.7 Å². The molecule has 0 spiro atoms. The van der Waals surface area contributed by atoms with Gasteiger partial charge in [-0.1, -0.05) is 23.7 Å². The summed E-state index contributed by atoms with van der Waals surface area (Å²) in [7, 11) is 0. The van der Waals surface area contributed by atoms with Gasteiger partial charge in [0.15, 0.2) is 0 Å². The fourth-order valence-electron chi connectivity index (χ4n) is 4.15. The lowest BCUT2D eigenvalue weighted by atomic mass is 9.98. The summed E-state index contributed by atoms with van der Waals surface area (Å²) in [6, 6.07) is 7.26. The number of fused-ring (bicyclic) bond motifs is 2. The number of hydrogen-bond donors (Lipinski definition) is 1. The molecule has 0 bridgehead atoms. The maximum absolute atomic E-state index is 12.8. The van der Waals surface area contributed by atoms with Crippen LogP contribution < -0.4 is 16.0 Å². The number of carboxylic acids is 1. The van der Waals surface area contributed by atoms with Gasteiger partial charge < -0.3 is 24.1 Å². The lowest BCUT2D eigenvalue weighted by molar-refractivity contribution is -0.308. The third-order valence-electron chi connectivity index (χ3n) is 6.25. The SMILES string of the molecule is Cc1oc2c(C)c3oc(=O)c(CC(=O)N[C@H](Cc4ccc(Cl)cc4)C(=O)[O-])c(C)c3cc2c1C. The van der Waals surface area contributed by atoms with Crippen molar-refractivity contribution in [1.82, 2.24) is 5.32 Å². The van der Waals surface area contributed by atoms with Crippen molar-refractivity contribution in [1.29, 1.82) is 0 Å². The summed E-state index contributed by atoms with van der Waals surface area (Å²) in [5, 5.41) is 16.2. The number of furan rings is 1. The Morgan fingerprint density at radius 2 is 1.59 bits per heavy atom. The van der Waals surface area contributed by atoms with Crippen molar-refractivity contribution in [2.24, 2.45) is 0 Å². The van der Waals surface area contributed by atoms with E-state index in [9.17, 15) is 19.5 Å². The Morgan fingerprint density at radius 3 is 2.24 bits per heavy atom. The van der Waals surface area contributed by atoms with Crippen LogP contribution >= 0.6 is 11.6 Å². The summed E-state index contributed by atoms with van der Waals surface area (Å²) in [5.41, 5.74) is 3.56. The number of nitrogens with one attached hydrogen (secondary N) is 1. The zero-order valence-corrected chi connectivity index (χ0v) is 20.0. The van der Waals surface area contributed by atoms with Crippen molar-refractivity contribution >= 4 is 45.4 Å². The number of halogens is 1. The van der Waals surface area contributed by atoms with Gasteiger partial charge in [-0.2, -0.15) is 0 Å². The highest BCUT2D eigenvalue weighted by Gasteiger charge is 2.21. The maximum atomic E-state index is 12.8. The molecular weight excluding hydrogens is 458 g/mol. The van der Waals surface area contributed by atoms with Crippen molar-refractivity contribution in [3.63, 3.8) is 0 Å². The largest absolute Gasteiger partial charge is 0.548 e. The van der Waals surface area contributed by atoms with E-state index in [4.69, 9.17) is 20.4 Å². The molecule has 7 nitrogen and oxygen atoms in total. The van der Waals surface area contributed by atoms with Crippen molar-refractivity contribution in [2.75, 3.05) is 0 Å². The van der Waals surface area contributed by atoms with Gasteiger partial charge >= 0.3 is 5.63 Å². The average Bonchev–Trinajstić information content (AvgIpc) is 3.07. The van der Waals surface area contributed by atoms with E-state index in [1.165, 1.54) is 0 Å². The highest BCUT2D eigenvalue weighted by molar-refractivity contribution is 6.30. The van der Waals surface area contributed by atoms with Crippen LogP contribution in [0.25, 0.3) is 21.9 Å². The second-order valence-corrected chi connectivity index (χ2v) is 8.91. The minimum absolute atomic E-state index is 0.0207. The number of hydrogen-bond acceptors (Lipinski definition) is 6. The van der Waals surface area contributed by atoms with Crippen LogP contribution in [0.2, 0.25) is 5.02 Å². The van der Waals surface area contributed by atoms with Crippen LogP contribution in [0.3, 0.4) is 0 Å². The zero-order chi connectivity index (χ0) is 24.7. The highest BCUT2D eigenvalue weighted by Crippen LogP contribution is 2.34. The Labute approximate surface area is 200 Å². The summed E-state index contributed by atoms with van der Waals surface area (Å²) in [6.45, 7) is 7.40. The van der Waals surface area contributed by atoms with Gasteiger partial charge in [0, 0.05) is 21.4 Å². The molecule has 2 heterocycles.